The molecule has 0 amide bonds. The van der Waals surface area contributed by atoms with Gasteiger partial charge in [0, 0.05) is 18.3 Å². The molecule has 0 radical (unpaired) electrons. The summed E-state index contributed by atoms with van der Waals surface area (Å²) in [5, 5.41) is 20.2. The van der Waals surface area contributed by atoms with Crippen molar-refractivity contribution < 1.29 is 15.0 Å². The molecule has 0 spiro atoms. The molecule has 3 aliphatic carbocycles. The molecular weight excluding hydrogens is 240 g/mol. The van der Waals surface area contributed by atoms with Crippen molar-refractivity contribution in [2.24, 2.45) is 28.6 Å². The van der Waals surface area contributed by atoms with Crippen molar-refractivity contribution in [3.8, 4) is 0 Å². The van der Waals surface area contributed by atoms with E-state index in [4.69, 9.17) is 0 Å². The summed E-state index contributed by atoms with van der Waals surface area (Å²) in [6.45, 7) is 4.41. The fourth-order valence-corrected chi connectivity index (χ4v) is 5.64. The monoisotopic (exact) mass is 266 g/mol. The van der Waals surface area contributed by atoms with Crippen LogP contribution in [0.3, 0.4) is 0 Å². The van der Waals surface area contributed by atoms with Gasteiger partial charge in [0.15, 0.2) is 0 Å². The van der Waals surface area contributed by atoms with E-state index >= 15 is 0 Å². The molecule has 0 saturated heterocycles. The van der Waals surface area contributed by atoms with Crippen LogP contribution in [0.4, 0.5) is 0 Å². The fourth-order valence-electron chi connectivity index (χ4n) is 5.64. The van der Waals surface area contributed by atoms with Gasteiger partial charge in [-0.3, -0.25) is 4.79 Å². The Morgan fingerprint density at radius 1 is 1.21 bits per heavy atom. The number of aliphatic hydroxyl groups is 2. The Hall–Kier alpha value is -0.410. The number of aliphatic hydroxyl groups excluding tert-OH is 2. The standard InChI is InChI=1S/C16H26O3/c1-15-6-5-14(19)16(2,9-17)13(15)4-3-10-7-11(18)8-12(10)15/h10,12-14,17,19H,3-9H2,1-2H3/t10?,12?,13-,14?,15-,16+/m1/s1. The first kappa shape index (κ1) is 13.6. The van der Waals surface area contributed by atoms with Gasteiger partial charge in [0.1, 0.15) is 5.78 Å². The molecule has 2 N–H and O–H groups in total. The van der Waals surface area contributed by atoms with Crippen molar-refractivity contribution >= 4 is 5.78 Å². The summed E-state index contributed by atoms with van der Waals surface area (Å²) >= 11 is 0. The van der Waals surface area contributed by atoms with Crippen molar-refractivity contribution in [2.45, 2.75) is 58.5 Å². The third-order valence-corrected chi connectivity index (χ3v) is 6.83. The molecule has 3 unspecified atom stereocenters. The van der Waals surface area contributed by atoms with Crippen molar-refractivity contribution in [2.75, 3.05) is 6.61 Å². The first-order valence-electron chi connectivity index (χ1n) is 7.72. The molecule has 3 rings (SSSR count). The van der Waals surface area contributed by atoms with E-state index in [1.165, 1.54) is 0 Å². The van der Waals surface area contributed by atoms with Crippen LogP contribution in [0.1, 0.15) is 52.4 Å². The Bertz CT molecular complexity index is 393. The predicted molar refractivity (Wildman–Crippen MR) is 72.5 cm³/mol. The van der Waals surface area contributed by atoms with E-state index in [1.54, 1.807) is 0 Å². The third-order valence-electron chi connectivity index (χ3n) is 6.83. The lowest BCUT2D eigenvalue weighted by Crippen LogP contribution is -2.57. The first-order chi connectivity index (χ1) is 8.91. The number of hydrogen-bond donors (Lipinski definition) is 2. The lowest BCUT2D eigenvalue weighted by molar-refractivity contribution is -0.168. The summed E-state index contributed by atoms with van der Waals surface area (Å²) in [5.41, 5.74) is -0.255. The maximum Gasteiger partial charge on any atom is 0.133 e. The summed E-state index contributed by atoms with van der Waals surface area (Å²) in [6.07, 6.45) is 5.02. The molecule has 6 atom stereocenters. The second-order valence-electron chi connectivity index (χ2n) is 7.67. The zero-order valence-corrected chi connectivity index (χ0v) is 12.1. The average Bonchev–Trinajstić information content (AvgIpc) is 2.76. The predicted octanol–water partition coefficient (Wildman–Crippen LogP) is 2.15. The van der Waals surface area contributed by atoms with Gasteiger partial charge < -0.3 is 10.2 Å². The van der Waals surface area contributed by atoms with Gasteiger partial charge in [-0.25, -0.2) is 0 Å². The molecule has 3 heteroatoms. The highest BCUT2D eigenvalue weighted by atomic mass is 16.3. The minimum absolute atomic E-state index is 0.0553. The fraction of sp³-hybridized carbons (Fsp3) is 0.938. The van der Waals surface area contributed by atoms with Crippen molar-refractivity contribution in [3.05, 3.63) is 0 Å². The Morgan fingerprint density at radius 3 is 2.63 bits per heavy atom. The van der Waals surface area contributed by atoms with Gasteiger partial charge >= 0.3 is 0 Å². The van der Waals surface area contributed by atoms with Gasteiger partial charge in [0.2, 0.25) is 0 Å². The lowest BCUT2D eigenvalue weighted by Gasteiger charge is -2.60. The topological polar surface area (TPSA) is 57.5 Å². The van der Waals surface area contributed by atoms with Crippen LogP contribution in [-0.4, -0.2) is 28.7 Å². The van der Waals surface area contributed by atoms with E-state index in [-0.39, 0.29) is 17.4 Å². The molecule has 108 valence electrons. The highest BCUT2D eigenvalue weighted by molar-refractivity contribution is 5.81. The van der Waals surface area contributed by atoms with Gasteiger partial charge in [-0.1, -0.05) is 13.8 Å². The quantitative estimate of drug-likeness (QED) is 0.764. The summed E-state index contributed by atoms with van der Waals surface area (Å²) in [5.74, 6) is 1.82. The summed E-state index contributed by atoms with van der Waals surface area (Å²) < 4.78 is 0. The van der Waals surface area contributed by atoms with Crippen molar-refractivity contribution in [1.82, 2.24) is 0 Å². The van der Waals surface area contributed by atoms with E-state index in [0.717, 1.165) is 38.5 Å². The SMILES string of the molecule is C[C@@]1(CO)C(O)CC[C@]2(C)C3CC(=O)CC3CC[C@@H]12. The van der Waals surface area contributed by atoms with Crippen LogP contribution < -0.4 is 0 Å². The molecule has 0 aromatic carbocycles. The van der Waals surface area contributed by atoms with Gasteiger partial charge in [-0.15, -0.1) is 0 Å². The van der Waals surface area contributed by atoms with Crippen LogP contribution >= 0.6 is 0 Å². The molecule has 0 aliphatic heterocycles. The molecular formula is C16H26O3. The highest BCUT2D eigenvalue weighted by Gasteiger charge is 2.60. The van der Waals surface area contributed by atoms with Crippen LogP contribution in [-0.2, 0) is 4.79 Å². The maximum atomic E-state index is 11.8. The Kier molecular flexibility index (Phi) is 3.06. The van der Waals surface area contributed by atoms with Crippen molar-refractivity contribution in [3.63, 3.8) is 0 Å². The van der Waals surface area contributed by atoms with Crippen LogP contribution in [0.5, 0.6) is 0 Å². The summed E-state index contributed by atoms with van der Waals surface area (Å²) in [7, 11) is 0. The van der Waals surface area contributed by atoms with E-state index < -0.39 is 6.10 Å². The number of carbonyl (C=O) groups excluding carboxylic acids is 1. The molecule has 3 saturated carbocycles. The minimum atomic E-state index is -0.399. The first-order valence-corrected chi connectivity index (χ1v) is 7.72. The van der Waals surface area contributed by atoms with E-state index in [0.29, 0.717) is 23.5 Å². The molecule has 3 fully saturated rings. The van der Waals surface area contributed by atoms with Gasteiger partial charge in [-0.05, 0) is 48.9 Å². The third kappa shape index (κ3) is 1.74. The van der Waals surface area contributed by atoms with E-state index in [1.807, 2.05) is 6.92 Å². The number of rotatable bonds is 1. The molecule has 3 nitrogen and oxygen atoms in total. The second-order valence-corrected chi connectivity index (χ2v) is 7.67. The zero-order valence-electron chi connectivity index (χ0n) is 12.1. The van der Waals surface area contributed by atoms with Crippen LogP contribution in [0.25, 0.3) is 0 Å². The normalized spacial score (nSPS) is 53.8. The number of ketones is 1. The van der Waals surface area contributed by atoms with Crippen LogP contribution in [0.15, 0.2) is 0 Å². The Labute approximate surface area is 115 Å². The minimum Gasteiger partial charge on any atom is -0.396 e. The average molecular weight is 266 g/mol. The molecule has 19 heavy (non-hydrogen) atoms. The molecule has 0 bridgehead atoms. The van der Waals surface area contributed by atoms with Crippen LogP contribution in [0, 0.1) is 28.6 Å². The molecule has 3 aliphatic rings. The lowest BCUT2D eigenvalue weighted by atomic mass is 9.46. The number of carbonyl (C=O) groups is 1. The van der Waals surface area contributed by atoms with E-state index in [9.17, 15) is 15.0 Å². The second kappa shape index (κ2) is 4.29. The Balaban J connectivity index is 1.96. The summed E-state index contributed by atoms with van der Waals surface area (Å²) in [6, 6.07) is 0. The van der Waals surface area contributed by atoms with Gasteiger partial charge in [0.25, 0.3) is 0 Å². The van der Waals surface area contributed by atoms with Crippen molar-refractivity contribution in [1.29, 1.82) is 0 Å². The number of Topliss-reactive ketones (excluding diaryl/α,β-unsaturated/α-hetero) is 1. The van der Waals surface area contributed by atoms with E-state index in [2.05, 4.69) is 6.92 Å². The maximum absolute atomic E-state index is 11.8. The molecule has 0 heterocycles. The van der Waals surface area contributed by atoms with Gasteiger partial charge in [0.05, 0.1) is 12.7 Å². The molecule has 0 aromatic heterocycles. The van der Waals surface area contributed by atoms with Gasteiger partial charge in [-0.2, -0.15) is 0 Å². The smallest absolute Gasteiger partial charge is 0.133 e. The zero-order chi connectivity index (χ0) is 13.8. The number of hydrogen-bond acceptors (Lipinski definition) is 3. The number of fused-ring (bicyclic) bond motifs is 3. The summed E-state index contributed by atoms with van der Waals surface area (Å²) in [4.78, 5) is 11.8. The van der Waals surface area contributed by atoms with Crippen LogP contribution in [0.2, 0.25) is 0 Å². The highest BCUT2D eigenvalue weighted by Crippen LogP contribution is 2.63. The largest absolute Gasteiger partial charge is 0.396 e. The molecule has 0 aromatic rings. The Morgan fingerprint density at radius 2 is 1.95 bits per heavy atom.